The van der Waals surface area contributed by atoms with Crippen LogP contribution in [0.15, 0.2) is 66.9 Å². The second-order valence-corrected chi connectivity index (χ2v) is 5.57. The van der Waals surface area contributed by atoms with E-state index in [1.54, 1.807) is 24.3 Å². The molecule has 0 spiro atoms. The summed E-state index contributed by atoms with van der Waals surface area (Å²) >= 11 is 0. The number of ether oxygens (including phenoxy) is 1. The van der Waals surface area contributed by atoms with Gasteiger partial charge in [0.25, 0.3) is 0 Å². The molecule has 0 atom stereocenters. The Bertz CT molecular complexity index is 936. The van der Waals surface area contributed by atoms with E-state index in [9.17, 15) is 9.18 Å². The molecule has 0 amide bonds. The number of aromatic carboxylic acids is 1. The van der Waals surface area contributed by atoms with Gasteiger partial charge in [-0.3, -0.25) is 4.98 Å². The zero-order valence-electron chi connectivity index (χ0n) is 13.8. The average Bonchev–Trinajstić information content (AvgIpc) is 2.66. The van der Waals surface area contributed by atoms with Gasteiger partial charge >= 0.3 is 5.97 Å². The number of pyridine rings is 1. The van der Waals surface area contributed by atoms with Gasteiger partial charge in [0.05, 0.1) is 11.3 Å². The second-order valence-electron chi connectivity index (χ2n) is 5.57. The predicted octanol–water partition coefficient (Wildman–Crippen LogP) is 4.67. The summed E-state index contributed by atoms with van der Waals surface area (Å²) in [5.74, 6) is -0.644. The predicted molar refractivity (Wildman–Crippen MR) is 97.3 cm³/mol. The lowest BCUT2D eigenvalue weighted by Crippen LogP contribution is -1.97. The number of nitrogens with zero attached hydrogens (tertiary/aromatic N) is 1. The van der Waals surface area contributed by atoms with Crippen molar-refractivity contribution in [2.75, 3.05) is 0 Å². The summed E-state index contributed by atoms with van der Waals surface area (Å²) in [6.45, 7) is 0.258. The molecule has 1 heterocycles. The van der Waals surface area contributed by atoms with Crippen molar-refractivity contribution >= 4 is 18.1 Å². The van der Waals surface area contributed by atoms with Crippen LogP contribution in [0.2, 0.25) is 0 Å². The second kappa shape index (κ2) is 8.07. The molecule has 130 valence electrons. The van der Waals surface area contributed by atoms with E-state index in [2.05, 4.69) is 4.98 Å². The van der Waals surface area contributed by atoms with Gasteiger partial charge in [-0.15, -0.1) is 0 Å². The maximum absolute atomic E-state index is 13.2. The van der Waals surface area contributed by atoms with Gasteiger partial charge in [0.2, 0.25) is 0 Å². The molecule has 1 N–H and O–H groups in total. The molecule has 0 saturated heterocycles. The molecular weight excluding hydrogens is 333 g/mol. The van der Waals surface area contributed by atoms with Gasteiger partial charge in [0.1, 0.15) is 18.2 Å². The average molecular weight is 349 g/mol. The number of rotatable bonds is 6. The molecule has 0 aliphatic rings. The lowest BCUT2D eigenvalue weighted by molar-refractivity contribution is 0.0696. The lowest BCUT2D eigenvalue weighted by Gasteiger charge is -2.09. The molecule has 0 unspecified atom stereocenters. The first kappa shape index (κ1) is 17.4. The van der Waals surface area contributed by atoms with E-state index in [-0.39, 0.29) is 18.0 Å². The Morgan fingerprint density at radius 2 is 1.92 bits per heavy atom. The number of carbonyl (C=O) groups is 1. The minimum absolute atomic E-state index is 0.140. The van der Waals surface area contributed by atoms with Crippen LogP contribution in [0.25, 0.3) is 12.2 Å². The summed E-state index contributed by atoms with van der Waals surface area (Å²) in [4.78, 5) is 14.9. The van der Waals surface area contributed by atoms with Crippen molar-refractivity contribution in [3.63, 3.8) is 0 Å². The Hall–Kier alpha value is -3.47. The zero-order valence-corrected chi connectivity index (χ0v) is 13.8. The van der Waals surface area contributed by atoms with Crippen LogP contribution in [-0.2, 0) is 6.61 Å². The molecule has 0 fully saturated rings. The van der Waals surface area contributed by atoms with E-state index < -0.39 is 5.97 Å². The number of carboxylic acids is 1. The van der Waals surface area contributed by atoms with Crippen molar-refractivity contribution in [3.8, 4) is 5.75 Å². The molecule has 0 aliphatic heterocycles. The van der Waals surface area contributed by atoms with Crippen LogP contribution in [0.1, 0.15) is 27.2 Å². The van der Waals surface area contributed by atoms with Gasteiger partial charge in [-0.05, 0) is 48.0 Å². The van der Waals surface area contributed by atoms with Crippen molar-refractivity contribution in [2.24, 2.45) is 0 Å². The van der Waals surface area contributed by atoms with E-state index in [4.69, 9.17) is 9.84 Å². The van der Waals surface area contributed by atoms with Crippen molar-refractivity contribution in [1.82, 2.24) is 4.98 Å². The zero-order chi connectivity index (χ0) is 18.4. The molecule has 26 heavy (non-hydrogen) atoms. The third-order valence-electron chi connectivity index (χ3n) is 3.67. The Labute approximate surface area is 150 Å². The van der Waals surface area contributed by atoms with Crippen LogP contribution in [0.3, 0.4) is 0 Å². The topological polar surface area (TPSA) is 59.4 Å². The third-order valence-corrected chi connectivity index (χ3v) is 3.67. The molecule has 0 bridgehead atoms. The molecule has 5 heteroatoms. The highest BCUT2D eigenvalue weighted by atomic mass is 19.1. The number of carboxylic acid groups (broad SMARTS) is 1. The number of halogens is 1. The minimum Gasteiger partial charge on any atom is -0.488 e. The van der Waals surface area contributed by atoms with Gasteiger partial charge in [-0.2, -0.15) is 0 Å². The van der Waals surface area contributed by atoms with Gasteiger partial charge in [-0.1, -0.05) is 30.3 Å². The summed E-state index contributed by atoms with van der Waals surface area (Å²) in [6, 6.07) is 16.9. The molecule has 0 saturated carbocycles. The number of hydrogen-bond acceptors (Lipinski definition) is 3. The Kier molecular flexibility index (Phi) is 5.39. The quantitative estimate of drug-likeness (QED) is 0.703. The summed E-state index contributed by atoms with van der Waals surface area (Å²) in [7, 11) is 0. The largest absolute Gasteiger partial charge is 0.488 e. The summed E-state index contributed by atoms with van der Waals surface area (Å²) in [6.07, 6.45) is 4.92. The minimum atomic E-state index is -1.01. The highest BCUT2D eigenvalue weighted by Gasteiger charge is 2.03. The highest BCUT2D eigenvalue weighted by molar-refractivity contribution is 5.87. The first-order chi connectivity index (χ1) is 12.6. The fourth-order valence-electron chi connectivity index (χ4n) is 2.34. The Morgan fingerprint density at radius 3 is 2.65 bits per heavy atom. The van der Waals surface area contributed by atoms with E-state index in [1.165, 1.54) is 24.4 Å². The molecule has 4 nitrogen and oxygen atoms in total. The fourth-order valence-corrected chi connectivity index (χ4v) is 2.34. The van der Waals surface area contributed by atoms with Crippen molar-refractivity contribution in [2.45, 2.75) is 6.61 Å². The maximum atomic E-state index is 13.2. The van der Waals surface area contributed by atoms with Crippen LogP contribution in [0.5, 0.6) is 5.75 Å². The Balaban J connectivity index is 1.73. The van der Waals surface area contributed by atoms with Crippen LogP contribution in [0, 0.1) is 5.82 Å². The maximum Gasteiger partial charge on any atom is 0.337 e. The third kappa shape index (κ3) is 4.54. The number of para-hydroxylation sites is 1. The van der Waals surface area contributed by atoms with Gasteiger partial charge < -0.3 is 9.84 Å². The molecule has 0 radical (unpaired) electrons. The van der Waals surface area contributed by atoms with Crippen LogP contribution in [-0.4, -0.2) is 16.1 Å². The van der Waals surface area contributed by atoms with Crippen molar-refractivity contribution in [3.05, 3.63) is 95.1 Å². The molecule has 1 aromatic heterocycles. The van der Waals surface area contributed by atoms with Gasteiger partial charge in [0, 0.05) is 11.8 Å². The normalized spacial score (nSPS) is 10.8. The summed E-state index contributed by atoms with van der Waals surface area (Å²) < 4.78 is 19.0. The monoisotopic (exact) mass is 349 g/mol. The fraction of sp³-hybridized carbons (Fsp3) is 0.0476. The summed E-state index contributed by atoms with van der Waals surface area (Å²) in [5.41, 5.74) is 2.36. The van der Waals surface area contributed by atoms with Crippen molar-refractivity contribution in [1.29, 1.82) is 0 Å². The van der Waals surface area contributed by atoms with Gasteiger partial charge in [0.15, 0.2) is 0 Å². The highest BCUT2D eigenvalue weighted by Crippen LogP contribution is 2.22. The first-order valence-electron chi connectivity index (χ1n) is 7.95. The molecule has 2 aromatic carbocycles. The Morgan fingerprint density at radius 1 is 1.08 bits per heavy atom. The smallest absolute Gasteiger partial charge is 0.337 e. The number of benzene rings is 2. The number of aromatic nitrogens is 1. The van der Waals surface area contributed by atoms with Crippen LogP contribution < -0.4 is 4.74 Å². The summed E-state index contributed by atoms with van der Waals surface area (Å²) in [5, 5.41) is 8.89. The van der Waals surface area contributed by atoms with Crippen LogP contribution in [0.4, 0.5) is 4.39 Å². The number of hydrogen-bond donors (Lipinski definition) is 1. The first-order valence-corrected chi connectivity index (χ1v) is 7.95. The van der Waals surface area contributed by atoms with E-state index in [0.717, 1.165) is 11.1 Å². The van der Waals surface area contributed by atoms with E-state index >= 15 is 0 Å². The van der Waals surface area contributed by atoms with E-state index in [0.29, 0.717) is 11.4 Å². The SMILES string of the molecule is O=C(O)c1ccc(/C=C/c2ccccc2OCc2cccc(F)c2)nc1. The van der Waals surface area contributed by atoms with Crippen molar-refractivity contribution < 1.29 is 19.0 Å². The molecule has 3 aromatic rings. The van der Waals surface area contributed by atoms with E-state index in [1.807, 2.05) is 30.3 Å². The lowest BCUT2D eigenvalue weighted by atomic mass is 10.1. The molecule has 0 aliphatic carbocycles. The standard InChI is InChI=1S/C21H16FNO3/c22-18-6-3-4-15(12-18)14-26-20-7-2-1-5-16(20)8-10-19-11-9-17(13-23-19)21(24)25/h1-13H,14H2,(H,24,25)/b10-8+. The van der Waals surface area contributed by atoms with Gasteiger partial charge in [-0.25, -0.2) is 9.18 Å². The van der Waals surface area contributed by atoms with Crippen LogP contribution >= 0.6 is 0 Å². The molecular formula is C21H16FNO3. The molecule has 3 rings (SSSR count).